The van der Waals surface area contributed by atoms with Crippen LogP contribution >= 0.6 is 0 Å². The Morgan fingerprint density at radius 2 is 2.31 bits per heavy atom. The second-order valence-electron chi connectivity index (χ2n) is 4.88. The monoisotopic (exact) mass is 226 g/mol. The third-order valence-electron chi connectivity index (χ3n) is 3.20. The Kier molecular flexibility index (Phi) is 6.74. The van der Waals surface area contributed by atoms with E-state index in [0.29, 0.717) is 5.92 Å². The van der Waals surface area contributed by atoms with Gasteiger partial charge in [-0.05, 0) is 44.4 Å². The van der Waals surface area contributed by atoms with Crippen molar-refractivity contribution in [2.75, 3.05) is 13.2 Å². The molecule has 1 aliphatic rings. The van der Waals surface area contributed by atoms with Gasteiger partial charge in [-0.2, -0.15) is 0 Å². The Balaban J connectivity index is 2.04. The Morgan fingerprint density at radius 3 is 2.94 bits per heavy atom. The van der Waals surface area contributed by atoms with Crippen LogP contribution < -0.4 is 0 Å². The summed E-state index contributed by atoms with van der Waals surface area (Å²) in [4.78, 5) is 0. The van der Waals surface area contributed by atoms with E-state index in [4.69, 9.17) is 9.47 Å². The lowest BCUT2D eigenvalue weighted by atomic mass is 10.0. The molecule has 0 spiro atoms. The minimum Gasteiger partial charge on any atom is -0.353 e. The molecule has 0 aromatic heterocycles. The van der Waals surface area contributed by atoms with Crippen LogP contribution in [0.1, 0.15) is 52.4 Å². The minimum atomic E-state index is 0.0607. The fourth-order valence-electron chi connectivity index (χ4n) is 1.82. The fourth-order valence-corrected chi connectivity index (χ4v) is 1.82. The molecule has 2 nitrogen and oxygen atoms in total. The zero-order chi connectivity index (χ0) is 11.8. The van der Waals surface area contributed by atoms with E-state index in [-0.39, 0.29) is 6.29 Å². The van der Waals surface area contributed by atoms with Crippen LogP contribution in [-0.4, -0.2) is 19.5 Å². The van der Waals surface area contributed by atoms with Crippen LogP contribution in [0.15, 0.2) is 12.2 Å². The van der Waals surface area contributed by atoms with Crippen molar-refractivity contribution >= 4 is 0 Å². The average molecular weight is 226 g/mol. The molecule has 1 heterocycles. The maximum absolute atomic E-state index is 5.76. The van der Waals surface area contributed by atoms with Gasteiger partial charge >= 0.3 is 0 Å². The molecule has 94 valence electrons. The van der Waals surface area contributed by atoms with E-state index in [1.54, 1.807) is 0 Å². The van der Waals surface area contributed by atoms with E-state index in [2.05, 4.69) is 20.4 Å². The predicted molar refractivity (Wildman–Crippen MR) is 67.4 cm³/mol. The summed E-state index contributed by atoms with van der Waals surface area (Å²) >= 11 is 0. The van der Waals surface area contributed by atoms with Gasteiger partial charge in [-0.3, -0.25) is 0 Å². The van der Waals surface area contributed by atoms with Crippen LogP contribution in [0.3, 0.4) is 0 Å². The molecule has 2 heteroatoms. The Labute approximate surface area is 100 Å². The van der Waals surface area contributed by atoms with E-state index < -0.39 is 0 Å². The highest BCUT2D eigenvalue weighted by molar-refractivity contribution is 4.92. The first-order valence-electron chi connectivity index (χ1n) is 6.62. The van der Waals surface area contributed by atoms with Crippen LogP contribution in [-0.2, 0) is 9.47 Å². The van der Waals surface area contributed by atoms with E-state index in [0.717, 1.165) is 32.5 Å². The van der Waals surface area contributed by atoms with Gasteiger partial charge in [0.05, 0.1) is 6.61 Å². The molecule has 2 atom stereocenters. The Morgan fingerprint density at radius 1 is 1.50 bits per heavy atom. The first-order valence-corrected chi connectivity index (χ1v) is 6.62. The molecular formula is C14H26O2. The lowest BCUT2D eigenvalue weighted by Gasteiger charge is -2.24. The van der Waals surface area contributed by atoms with Crippen molar-refractivity contribution in [3.63, 3.8) is 0 Å². The summed E-state index contributed by atoms with van der Waals surface area (Å²) in [5.41, 5.74) is 1.35. The lowest BCUT2D eigenvalue weighted by Crippen LogP contribution is -2.24. The highest BCUT2D eigenvalue weighted by atomic mass is 16.7. The largest absolute Gasteiger partial charge is 0.353 e. The zero-order valence-corrected chi connectivity index (χ0v) is 10.8. The molecule has 1 fully saturated rings. The Hall–Kier alpha value is -0.340. The predicted octanol–water partition coefficient (Wildman–Crippen LogP) is 3.91. The summed E-state index contributed by atoms with van der Waals surface area (Å²) in [7, 11) is 0. The van der Waals surface area contributed by atoms with Crippen LogP contribution in [0.25, 0.3) is 0 Å². The quantitative estimate of drug-likeness (QED) is 0.613. The third-order valence-corrected chi connectivity index (χ3v) is 3.20. The molecule has 0 amide bonds. The van der Waals surface area contributed by atoms with Gasteiger partial charge < -0.3 is 9.47 Å². The first kappa shape index (κ1) is 13.7. The lowest BCUT2D eigenvalue weighted by molar-refractivity contribution is -0.168. The van der Waals surface area contributed by atoms with Crippen molar-refractivity contribution < 1.29 is 9.47 Å². The Bertz CT molecular complexity index is 195. The summed E-state index contributed by atoms with van der Waals surface area (Å²) in [5.74, 6) is 0.605. The van der Waals surface area contributed by atoms with Crippen LogP contribution in [0.4, 0.5) is 0 Å². The zero-order valence-electron chi connectivity index (χ0n) is 10.8. The van der Waals surface area contributed by atoms with Gasteiger partial charge in [0.1, 0.15) is 0 Å². The number of allylic oxidation sites excluding steroid dienone is 1. The SMILES string of the molecule is C=C(CC)CC[C@@H](C)COC1CCCCO1. The van der Waals surface area contributed by atoms with Gasteiger partial charge in [0.25, 0.3) is 0 Å². The molecule has 1 unspecified atom stereocenters. The number of hydrogen-bond acceptors (Lipinski definition) is 2. The topological polar surface area (TPSA) is 18.5 Å². The van der Waals surface area contributed by atoms with Crippen LogP contribution in [0, 0.1) is 5.92 Å². The second kappa shape index (κ2) is 7.86. The molecule has 0 aliphatic carbocycles. The average Bonchev–Trinajstić information content (AvgIpc) is 2.34. The number of rotatable bonds is 7. The highest BCUT2D eigenvalue weighted by Gasteiger charge is 2.15. The second-order valence-corrected chi connectivity index (χ2v) is 4.88. The minimum absolute atomic E-state index is 0.0607. The molecule has 0 aromatic rings. The van der Waals surface area contributed by atoms with E-state index in [1.165, 1.54) is 24.8 Å². The molecule has 1 rings (SSSR count). The summed E-state index contributed by atoms with van der Waals surface area (Å²) in [6.07, 6.45) is 6.96. The fraction of sp³-hybridized carbons (Fsp3) is 0.857. The van der Waals surface area contributed by atoms with Crippen LogP contribution in [0.5, 0.6) is 0 Å². The molecule has 0 saturated carbocycles. The summed E-state index contributed by atoms with van der Waals surface area (Å²) < 4.78 is 11.3. The third kappa shape index (κ3) is 5.66. The van der Waals surface area contributed by atoms with Gasteiger partial charge in [0.15, 0.2) is 6.29 Å². The first-order chi connectivity index (χ1) is 7.72. The van der Waals surface area contributed by atoms with Gasteiger partial charge in [-0.1, -0.05) is 26.0 Å². The van der Waals surface area contributed by atoms with Crippen molar-refractivity contribution in [1.29, 1.82) is 0 Å². The highest BCUT2D eigenvalue weighted by Crippen LogP contribution is 2.17. The molecule has 0 radical (unpaired) electrons. The molecule has 0 aromatic carbocycles. The maximum atomic E-state index is 5.76. The maximum Gasteiger partial charge on any atom is 0.157 e. The van der Waals surface area contributed by atoms with Gasteiger partial charge in [0.2, 0.25) is 0 Å². The van der Waals surface area contributed by atoms with Gasteiger partial charge in [-0.15, -0.1) is 0 Å². The molecule has 0 N–H and O–H groups in total. The van der Waals surface area contributed by atoms with Gasteiger partial charge in [0, 0.05) is 6.61 Å². The van der Waals surface area contributed by atoms with E-state index in [9.17, 15) is 0 Å². The van der Waals surface area contributed by atoms with E-state index in [1.807, 2.05) is 0 Å². The number of hydrogen-bond donors (Lipinski definition) is 0. The summed E-state index contributed by atoms with van der Waals surface area (Å²) in [6.45, 7) is 10.1. The standard InChI is InChI=1S/C14H26O2/c1-4-12(2)8-9-13(3)11-16-14-7-5-6-10-15-14/h13-14H,2,4-11H2,1,3H3/t13-,14?/m1/s1. The van der Waals surface area contributed by atoms with Crippen molar-refractivity contribution in [2.45, 2.75) is 58.7 Å². The smallest absolute Gasteiger partial charge is 0.157 e. The van der Waals surface area contributed by atoms with Crippen molar-refractivity contribution in [3.8, 4) is 0 Å². The van der Waals surface area contributed by atoms with Crippen molar-refractivity contribution in [2.24, 2.45) is 5.92 Å². The summed E-state index contributed by atoms with van der Waals surface area (Å²) in [6, 6.07) is 0. The molecule has 0 bridgehead atoms. The van der Waals surface area contributed by atoms with Gasteiger partial charge in [-0.25, -0.2) is 0 Å². The normalized spacial score (nSPS) is 23.0. The van der Waals surface area contributed by atoms with Crippen molar-refractivity contribution in [1.82, 2.24) is 0 Å². The summed E-state index contributed by atoms with van der Waals surface area (Å²) in [5, 5.41) is 0. The molecule has 1 saturated heterocycles. The van der Waals surface area contributed by atoms with Crippen molar-refractivity contribution in [3.05, 3.63) is 12.2 Å². The van der Waals surface area contributed by atoms with Crippen LogP contribution in [0.2, 0.25) is 0 Å². The molecular weight excluding hydrogens is 200 g/mol. The molecule has 1 aliphatic heterocycles. The number of ether oxygens (including phenoxy) is 2. The van der Waals surface area contributed by atoms with E-state index >= 15 is 0 Å². The molecule has 16 heavy (non-hydrogen) atoms.